The summed E-state index contributed by atoms with van der Waals surface area (Å²) in [5, 5.41) is 3.39. The smallest absolute Gasteiger partial charge is 0.165 e. The van der Waals surface area contributed by atoms with Crippen LogP contribution in [0.3, 0.4) is 0 Å². The number of halogens is 1. The van der Waals surface area contributed by atoms with Crippen molar-refractivity contribution in [3.63, 3.8) is 0 Å². The van der Waals surface area contributed by atoms with Crippen molar-refractivity contribution in [2.24, 2.45) is 0 Å². The van der Waals surface area contributed by atoms with E-state index in [1.54, 1.807) is 6.33 Å². The van der Waals surface area contributed by atoms with E-state index in [4.69, 9.17) is 4.98 Å². The van der Waals surface area contributed by atoms with Crippen LogP contribution in [0.15, 0.2) is 29.0 Å². The molecule has 118 valence electrons. The second-order valence-corrected chi connectivity index (χ2v) is 6.85. The summed E-state index contributed by atoms with van der Waals surface area (Å²) in [6, 6.07) is 6.21. The standard InChI is InChI=1S/C17H18BrN5/c1-11-6-7-13(12(18)9-11)21-16-15-17(20-10-19-16)23-8-4-2-3-5-14(23)22-15/h6-7,9-10H,2-5,8H2,1H3,(H,19,20,21). The van der Waals surface area contributed by atoms with Crippen molar-refractivity contribution >= 4 is 38.6 Å². The minimum absolute atomic E-state index is 0.764. The molecular formula is C17H18BrN5. The number of nitrogens with zero attached hydrogens (tertiary/aromatic N) is 4. The zero-order valence-corrected chi connectivity index (χ0v) is 14.6. The lowest BCUT2D eigenvalue weighted by Gasteiger charge is -2.09. The van der Waals surface area contributed by atoms with Crippen molar-refractivity contribution in [1.82, 2.24) is 19.5 Å². The van der Waals surface area contributed by atoms with E-state index in [-0.39, 0.29) is 0 Å². The number of imidazole rings is 1. The fourth-order valence-corrected chi connectivity index (χ4v) is 3.67. The maximum Gasteiger partial charge on any atom is 0.165 e. The second kappa shape index (κ2) is 5.92. The third kappa shape index (κ3) is 2.72. The maximum absolute atomic E-state index is 4.82. The third-order valence-electron chi connectivity index (χ3n) is 4.27. The molecule has 0 amide bonds. The van der Waals surface area contributed by atoms with Gasteiger partial charge in [-0.05, 0) is 53.4 Å². The fraction of sp³-hybridized carbons (Fsp3) is 0.353. The van der Waals surface area contributed by atoms with Crippen LogP contribution in [-0.2, 0) is 13.0 Å². The summed E-state index contributed by atoms with van der Waals surface area (Å²) in [5.74, 6) is 1.89. The number of hydrogen-bond acceptors (Lipinski definition) is 4. The number of nitrogens with one attached hydrogen (secondary N) is 1. The van der Waals surface area contributed by atoms with Gasteiger partial charge in [0.1, 0.15) is 12.2 Å². The summed E-state index contributed by atoms with van der Waals surface area (Å²) >= 11 is 3.60. The van der Waals surface area contributed by atoms with Crippen LogP contribution in [0.1, 0.15) is 30.7 Å². The van der Waals surface area contributed by atoms with E-state index in [0.29, 0.717) is 0 Å². The molecule has 4 rings (SSSR count). The average molecular weight is 372 g/mol. The normalized spacial score (nSPS) is 14.5. The van der Waals surface area contributed by atoms with Crippen LogP contribution < -0.4 is 5.32 Å². The highest BCUT2D eigenvalue weighted by molar-refractivity contribution is 9.10. The van der Waals surface area contributed by atoms with Crippen molar-refractivity contribution in [3.05, 3.63) is 40.4 Å². The molecule has 23 heavy (non-hydrogen) atoms. The summed E-state index contributed by atoms with van der Waals surface area (Å²) in [6.07, 6.45) is 6.28. The van der Waals surface area contributed by atoms with E-state index >= 15 is 0 Å². The first-order chi connectivity index (χ1) is 11.2. The summed E-state index contributed by atoms with van der Waals surface area (Å²) in [4.78, 5) is 13.7. The van der Waals surface area contributed by atoms with Crippen LogP contribution in [0.5, 0.6) is 0 Å². The van der Waals surface area contributed by atoms with Crippen LogP contribution in [0.4, 0.5) is 11.5 Å². The fourth-order valence-electron chi connectivity index (χ4n) is 3.08. The van der Waals surface area contributed by atoms with Crippen LogP contribution in [0.25, 0.3) is 11.2 Å². The molecule has 0 radical (unpaired) electrons. The number of anilines is 2. The summed E-state index contributed by atoms with van der Waals surface area (Å²) < 4.78 is 3.27. The molecule has 2 aromatic heterocycles. The predicted octanol–water partition coefficient (Wildman–Crippen LogP) is 4.37. The molecule has 0 saturated carbocycles. The van der Waals surface area contributed by atoms with Gasteiger partial charge in [-0.2, -0.15) is 0 Å². The quantitative estimate of drug-likeness (QED) is 0.726. The molecule has 6 heteroatoms. The van der Waals surface area contributed by atoms with Crippen LogP contribution in [0.2, 0.25) is 0 Å². The number of benzene rings is 1. The van der Waals surface area contributed by atoms with Gasteiger partial charge in [0.25, 0.3) is 0 Å². The summed E-state index contributed by atoms with van der Waals surface area (Å²) in [6.45, 7) is 3.07. The molecule has 3 aromatic rings. The average Bonchev–Trinajstić information content (AvgIpc) is 2.73. The van der Waals surface area contributed by atoms with E-state index in [1.807, 2.05) is 6.07 Å². The van der Waals surface area contributed by atoms with Crippen molar-refractivity contribution < 1.29 is 0 Å². The molecule has 1 aromatic carbocycles. The van der Waals surface area contributed by atoms with Gasteiger partial charge in [0, 0.05) is 17.4 Å². The molecule has 3 heterocycles. The zero-order chi connectivity index (χ0) is 15.8. The highest BCUT2D eigenvalue weighted by Gasteiger charge is 2.17. The van der Waals surface area contributed by atoms with Crippen LogP contribution >= 0.6 is 15.9 Å². The highest BCUT2D eigenvalue weighted by Crippen LogP contribution is 2.30. The van der Waals surface area contributed by atoms with Gasteiger partial charge in [0.05, 0.1) is 5.69 Å². The summed E-state index contributed by atoms with van der Waals surface area (Å²) in [5.41, 5.74) is 3.99. The Bertz CT molecular complexity index is 871. The number of aromatic nitrogens is 4. The lowest BCUT2D eigenvalue weighted by molar-refractivity contribution is 0.643. The van der Waals surface area contributed by atoms with Crippen molar-refractivity contribution in [2.45, 2.75) is 39.2 Å². The first-order valence-corrected chi connectivity index (χ1v) is 8.75. The number of rotatable bonds is 2. The summed E-state index contributed by atoms with van der Waals surface area (Å²) in [7, 11) is 0. The Morgan fingerprint density at radius 1 is 1.17 bits per heavy atom. The molecule has 0 atom stereocenters. The van der Waals surface area contributed by atoms with Crippen molar-refractivity contribution in [1.29, 1.82) is 0 Å². The van der Waals surface area contributed by atoms with Gasteiger partial charge in [-0.3, -0.25) is 0 Å². The first-order valence-electron chi connectivity index (χ1n) is 7.95. The van der Waals surface area contributed by atoms with Gasteiger partial charge < -0.3 is 9.88 Å². The Labute approximate surface area is 143 Å². The Kier molecular flexibility index (Phi) is 3.77. The van der Waals surface area contributed by atoms with Gasteiger partial charge in [-0.15, -0.1) is 0 Å². The minimum Gasteiger partial charge on any atom is -0.337 e. The molecule has 5 nitrogen and oxygen atoms in total. The Balaban J connectivity index is 1.78. The number of fused-ring (bicyclic) bond motifs is 3. The van der Waals surface area contributed by atoms with Crippen LogP contribution in [-0.4, -0.2) is 19.5 Å². The molecule has 0 bridgehead atoms. The lowest BCUT2D eigenvalue weighted by atomic mass is 10.2. The van der Waals surface area contributed by atoms with E-state index in [9.17, 15) is 0 Å². The topological polar surface area (TPSA) is 55.6 Å². The molecule has 1 aliphatic heterocycles. The molecule has 0 unspecified atom stereocenters. The molecular weight excluding hydrogens is 354 g/mol. The number of hydrogen-bond donors (Lipinski definition) is 1. The van der Waals surface area contributed by atoms with E-state index in [0.717, 1.165) is 45.9 Å². The van der Waals surface area contributed by atoms with Gasteiger partial charge in [-0.25, -0.2) is 15.0 Å². The largest absolute Gasteiger partial charge is 0.337 e. The first kappa shape index (κ1) is 14.6. The Hall–Kier alpha value is -1.95. The Morgan fingerprint density at radius 2 is 2.09 bits per heavy atom. The third-order valence-corrected chi connectivity index (χ3v) is 4.93. The van der Waals surface area contributed by atoms with E-state index in [1.165, 1.54) is 24.8 Å². The van der Waals surface area contributed by atoms with E-state index in [2.05, 4.69) is 54.8 Å². The molecule has 0 fully saturated rings. The highest BCUT2D eigenvalue weighted by atomic mass is 79.9. The second-order valence-electron chi connectivity index (χ2n) is 5.99. The van der Waals surface area contributed by atoms with Gasteiger partial charge >= 0.3 is 0 Å². The van der Waals surface area contributed by atoms with Gasteiger partial charge in [0.15, 0.2) is 17.0 Å². The number of aryl methyl sites for hydroxylation is 3. The maximum atomic E-state index is 4.82. The van der Waals surface area contributed by atoms with Crippen molar-refractivity contribution in [2.75, 3.05) is 5.32 Å². The van der Waals surface area contributed by atoms with Gasteiger partial charge in [0.2, 0.25) is 0 Å². The molecule has 1 aliphatic rings. The van der Waals surface area contributed by atoms with Gasteiger partial charge in [-0.1, -0.05) is 12.5 Å². The predicted molar refractivity (Wildman–Crippen MR) is 95.0 cm³/mol. The Morgan fingerprint density at radius 3 is 2.96 bits per heavy atom. The van der Waals surface area contributed by atoms with Crippen molar-refractivity contribution in [3.8, 4) is 0 Å². The monoisotopic (exact) mass is 371 g/mol. The molecule has 0 saturated heterocycles. The lowest BCUT2D eigenvalue weighted by Crippen LogP contribution is -2.02. The molecule has 0 aliphatic carbocycles. The molecule has 1 N–H and O–H groups in total. The van der Waals surface area contributed by atoms with Crippen LogP contribution in [0, 0.1) is 6.92 Å². The van der Waals surface area contributed by atoms with E-state index < -0.39 is 0 Å². The SMILES string of the molecule is Cc1ccc(Nc2ncnc3c2nc2n3CCCCC2)c(Br)c1. The molecule has 0 spiro atoms. The zero-order valence-electron chi connectivity index (χ0n) is 13.0. The minimum atomic E-state index is 0.764.